The van der Waals surface area contributed by atoms with Crippen LogP contribution < -0.4 is 10.2 Å². The molecule has 1 fully saturated rings. The van der Waals surface area contributed by atoms with Crippen LogP contribution in [0.2, 0.25) is 0 Å². The van der Waals surface area contributed by atoms with E-state index in [0.29, 0.717) is 6.04 Å². The van der Waals surface area contributed by atoms with Gasteiger partial charge in [-0.25, -0.2) is 4.98 Å². The largest absolute Gasteiger partial charge is 0.365 e. The van der Waals surface area contributed by atoms with Gasteiger partial charge >= 0.3 is 0 Å². The summed E-state index contributed by atoms with van der Waals surface area (Å²) in [5.41, 5.74) is 0.0480. The van der Waals surface area contributed by atoms with Gasteiger partial charge in [-0.3, -0.25) is 0 Å². The van der Waals surface area contributed by atoms with Gasteiger partial charge in [0.1, 0.15) is 11.6 Å². The highest BCUT2D eigenvalue weighted by molar-refractivity contribution is 5.49. The zero-order chi connectivity index (χ0) is 14.0. The van der Waals surface area contributed by atoms with Gasteiger partial charge in [-0.15, -0.1) is 0 Å². The average Bonchev–Trinajstić information content (AvgIpc) is 2.31. The Labute approximate surface area is 117 Å². The fourth-order valence-corrected chi connectivity index (χ4v) is 2.70. The molecule has 2 rings (SSSR count). The van der Waals surface area contributed by atoms with Crippen LogP contribution in [0, 0.1) is 5.92 Å². The number of rotatable bonds is 2. The lowest BCUT2D eigenvalue weighted by molar-refractivity contribution is 0.361. The van der Waals surface area contributed by atoms with Crippen molar-refractivity contribution < 1.29 is 0 Å². The van der Waals surface area contributed by atoms with Gasteiger partial charge in [0.15, 0.2) is 0 Å². The van der Waals surface area contributed by atoms with E-state index in [4.69, 9.17) is 4.98 Å². The molecule has 2 unspecified atom stereocenters. The molecule has 2 heterocycles. The Kier molecular flexibility index (Phi) is 4.02. The summed E-state index contributed by atoms with van der Waals surface area (Å²) >= 11 is 0. The van der Waals surface area contributed by atoms with Gasteiger partial charge in [-0.1, -0.05) is 13.0 Å². The lowest BCUT2D eigenvalue weighted by Crippen LogP contribution is -2.43. The number of hydrogen-bond acceptors (Lipinski definition) is 3. The van der Waals surface area contributed by atoms with Crippen molar-refractivity contribution in [1.29, 1.82) is 0 Å². The predicted octanol–water partition coefficient (Wildman–Crippen LogP) is 3.92. The average molecular weight is 261 g/mol. The minimum atomic E-state index is 0.0480. The molecule has 106 valence electrons. The molecule has 1 aliphatic heterocycles. The molecule has 0 saturated carbocycles. The van der Waals surface area contributed by atoms with E-state index >= 15 is 0 Å². The molecule has 0 aliphatic carbocycles. The Morgan fingerprint density at radius 2 is 2.00 bits per heavy atom. The summed E-state index contributed by atoms with van der Waals surface area (Å²) in [6.45, 7) is 12.3. The normalized spacial score (nSPS) is 24.4. The van der Waals surface area contributed by atoms with E-state index in [1.165, 1.54) is 12.8 Å². The van der Waals surface area contributed by atoms with Crippen LogP contribution in [0.15, 0.2) is 18.2 Å². The third-order valence-electron chi connectivity index (χ3n) is 3.91. The topological polar surface area (TPSA) is 28.2 Å². The van der Waals surface area contributed by atoms with Crippen molar-refractivity contribution in [1.82, 2.24) is 4.98 Å². The zero-order valence-corrected chi connectivity index (χ0v) is 12.9. The minimum Gasteiger partial charge on any atom is -0.365 e. The Hall–Kier alpha value is -1.25. The van der Waals surface area contributed by atoms with Gasteiger partial charge in [-0.2, -0.15) is 0 Å². The highest BCUT2D eigenvalue weighted by Gasteiger charge is 2.25. The second kappa shape index (κ2) is 5.40. The fourth-order valence-electron chi connectivity index (χ4n) is 2.70. The molecule has 1 aliphatic rings. The highest BCUT2D eigenvalue weighted by atomic mass is 15.2. The predicted molar refractivity (Wildman–Crippen MR) is 82.8 cm³/mol. The summed E-state index contributed by atoms with van der Waals surface area (Å²) in [6.07, 6.45) is 2.60. The molecule has 0 radical (unpaired) electrons. The Bertz CT molecular complexity index is 422. The molecule has 0 bridgehead atoms. The van der Waals surface area contributed by atoms with E-state index in [9.17, 15) is 0 Å². The van der Waals surface area contributed by atoms with Crippen LogP contribution in [0.1, 0.15) is 47.5 Å². The summed E-state index contributed by atoms with van der Waals surface area (Å²) in [5.74, 6) is 2.82. The zero-order valence-electron chi connectivity index (χ0n) is 12.9. The standard InChI is InChI=1S/C16H27N3/c1-12-8-7-11-19(13(12)2)15-10-6-9-14(17-15)18-16(3,4)5/h6,9-10,12-13H,7-8,11H2,1-5H3,(H,17,18). The molecule has 0 aromatic carbocycles. The van der Waals surface area contributed by atoms with E-state index in [1.54, 1.807) is 0 Å². The summed E-state index contributed by atoms with van der Waals surface area (Å²) in [5, 5.41) is 3.45. The minimum absolute atomic E-state index is 0.0480. The first-order valence-electron chi connectivity index (χ1n) is 7.39. The molecule has 1 saturated heterocycles. The third kappa shape index (κ3) is 3.62. The van der Waals surface area contributed by atoms with Crippen molar-refractivity contribution in [2.24, 2.45) is 5.92 Å². The monoisotopic (exact) mass is 261 g/mol. The molecule has 2 atom stereocenters. The highest BCUT2D eigenvalue weighted by Crippen LogP contribution is 2.28. The third-order valence-corrected chi connectivity index (χ3v) is 3.91. The number of aromatic nitrogens is 1. The van der Waals surface area contributed by atoms with Crippen LogP contribution in [0.4, 0.5) is 11.6 Å². The maximum atomic E-state index is 4.78. The van der Waals surface area contributed by atoms with Crippen LogP contribution in [0.3, 0.4) is 0 Å². The molecule has 1 aromatic heterocycles. The van der Waals surface area contributed by atoms with Crippen LogP contribution in [0.5, 0.6) is 0 Å². The van der Waals surface area contributed by atoms with E-state index in [0.717, 1.165) is 24.1 Å². The second-order valence-electron chi connectivity index (χ2n) is 6.81. The van der Waals surface area contributed by atoms with Gasteiger partial charge in [0.2, 0.25) is 0 Å². The summed E-state index contributed by atoms with van der Waals surface area (Å²) in [4.78, 5) is 7.23. The van der Waals surface area contributed by atoms with E-state index in [1.807, 2.05) is 6.07 Å². The second-order valence-corrected chi connectivity index (χ2v) is 6.81. The van der Waals surface area contributed by atoms with Crippen molar-refractivity contribution in [3.63, 3.8) is 0 Å². The SMILES string of the molecule is CC1CCCN(c2cccc(NC(C)(C)C)n2)C1C. The Morgan fingerprint density at radius 3 is 2.68 bits per heavy atom. The number of piperidine rings is 1. The van der Waals surface area contributed by atoms with Crippen LogP contribution in [0.25, 0.3) is 0 Å². The van der Waals surface area contributed by atoms with Crippen molar-refractivity contribution >= 4 is 11.6 Å². The van der Waals surface area contributed by atoms with Gasteiger partial charge in [-0.05, 0) is 58.6 Å². The van der Waals surface area contributed by atoms with Crippen molar-refractivity contribution in [2.75, 3.05) is 16.8 Å². The maximum absolute atomic E-state index is 4.78. The Balaban J connectivity index is 2.18. The lowest BCUT2D eigenvalue weighted by Gasteiger charge is -2.39. The maximum Gasteiger partial charge on any atom is 0.131 e. The summed E-state index contributed by atoms with van der Waals surface area (Å²) < 4.78 is 0. The molecule has 3 nitrogen and oxygen atoms in total. The molecule has 0 amide bonds. The van der Waals surface area contributed by atoms with Gasteiger partial charge in [0.25, 0.3) is 0 Å². The first-order chi connectivity index (χ1) is 8.87. The molecule has 0 spiro atoms. The number of anilines is 2. The number of hydrogen-bond donors (Lipinski definition) is 1. The van der Waals surface area contributed by atoms with Gasteiger partial charge in [0.05, 0.1) is 0 Å². The molecule has 1 aromatic rings. The summed E-state index contributed by atoms with van der Waals surface area (Å²) in [7, 11) is 0. The van der Waals surface area contributed by atoms with Gasteiger partial charge < -0.3 is 10.2 Å². The fraction of sp³-hybridized carbons (Fsp3) is 0.688. The first-order valence-corrected chi connectivity index (χ1v) is 7.39. The van der Waals surface area contributed by atoms with E-state index in [-0.39, 0.29) is 5.54 Å². The molecule has 3 heteroatoms. The number of nitrogens with one attached hydrogen (secondary N) is 1. The van der Waals surface area contributed by atoms with E-state index in [2.05, 4.69) is 57.0 Å². The van der Waals surface area contributed by atoms with Gasteiger partial charge in [0, 0.05) is 18.1 Å². The Morgan fingerprint density at radius 1 is 1.26 bits per heavy atom. The smallest absolute Gasteiger partial charge is 0.131 e. The quantitative estimate of drug-likeness (QED) is 0.874. The lowest BCUT2D eigenvalue weighted by atomic mass is 9.92. The molecular weight excluding hydrogens is 234 g/mol. The molecule has 1 N–H and O–H groups in total. The molecule has 19 heavy (non-hydrogen) atoms. The van der Waals surface area contributed by atoms with Crippen LogP contribution >= 0.6 is 0 Å². The van der Waals surface area contributed by atoms with Crippen LogP contribution in [-0.2, 0) is 0 Å². The van der Waals surface area contributed by atoms with Crippen LogP contribution in [-0.4, -0.2) is 23.1 Å². The number of nitrogens with zero attached hydrogens (tertiary/aromatic N) is 2. The first kappa shape index (κ1) is 14.2. The number of pyridine rings is 1. The molecular formula is C16H27N3. The van der Waals surface area contributed by atoms with Crippen molar-refractivity contribution in [2.45, 2.75) is 59.0 Å². The summed E-state index contributed by atoms with van der Waals surface area (Å²) in [6, 6.07) is 6.85. The van der Waals surface area contributed by atoms with E-state index < -0.39 is 0 Å². The van der Waals surface area contributed by atoms with Crippen molar-refractivity contribution in [3.8, 4) is 0 Å². The van der Waals surface area contributed by atoms with Crippen molar-refractivity contribution in [3.05, 3.63) is 18.2 Å².